The first-order valence-corrected chi connectivity index (χ1v) is 5.72. The van der Waals surface area contributed by atoms with E-state index in [1.54, 1.807) is 0 Å². The van der Waals surface area contributed by atoms with Crippen LogP contribution >= 0.6 is 0 Å². The zero-order chi connectivity index (χ0) is 8.78. The highest BCUT2D eigenvalue weighted by Gasteiger charge is 2.47. The van der Waals surface area contributed by atoms with Gasteiger partial charge in [0, 0.05) is 12.0 Å². The first-order valence-electron chi connectivity index (χ1n) is 5.72. The van der Waals surface area contributed by atoms with E-state index >= 15 is 0 Å². The van der Waals surface area contributed by atoms with E-state index in [1.807, 2.05) is 0 Å². The molecule has 2 heteroatoms. The summed E-state index contributed by atoms with van der Waals surface area (Å²) < 4.78 is 6.03. The van der Waals surface area contributed by atoms with Gasteiger partial charge >= 0.3 is 0 Å². The molecule has 1 heterocycles. The fourth-order valence-corrected chi connectivity index (χ4v) is 3.01. The van der Waals surface area contributed by atoms with E-state index < -0.39 is 0 Å². The zero-order valence-electron chi connectivity index (χ0n) is 8.27. The lowest BCUT2D eigenvalue weighted by Crippen LogP contribution is -2.61. The first-order chi connectivity index (χ1) is 6.33. The molecular weight excluding hydrogens is 162 g/mol. The molecule has 0 aromatic heterocycles. The molecule has 0 aromatic rings. The Hall–Kier alpha value is -0.0800. The lowest BCUT2D eigenvalue weighted by Gasteiger charge is -2.50. The minimum absolute atomic E-state index is 0.133. The van der Waals surface area contributed by atoms with Gasteiger partial charge in [0.25, 0.3) is 0 Å². The molecular formula is C11H19NO. The third-order valence-electron chi connectivity index (χ3n) is 4.27. The molecule has 2 aliphatic carbocycles. The van der Waals surface area contributed by atoms with Gasteiger partial charge in [0.2, 0.25) is 0 Å². The number of hydrogen-bond donors (Lipinski definition) is 1. The summed E-state index contributed by atoms with van der Waals surface area (Å²) in [5, 5.41) is 3.64. The molecule has 1 aliphatic heterocycles. The van der Waals surface area contributed by atoms with Crippen molar-refractivity contribution < 1.29 is 4.74 Å². The van der Waals surface area contributed by atoms with Crippen molar-refractivity contribution in [1.82, 2.24) is 5.32 Å². The molecule has 0 bridgehead atoms. The Balaban J connectivity index is 1.66. The molecule has 2 spiro atoms. The summed E-state index contributed by atoms with van der Waals surface area (Å²) in [6.45, 7) is 2.24. The number of rotatable bonds is 0. The molecule has 2 saturated carbocycles. The van der Waals surface area contributed by atoms with Crippen LogP contribution in [0.3, 0.4) is 0 Å². The van der Waals surface area contributed by atoms with Crippen molar-refractivity contribution in [2.45, 2.75) is 50.7 Å². The molecule has 3 rings (SSSR count). The monoisotopic (exact) mass is 181 g/mol. The van der Waals surface area contributed by atoms with Crippen LogP contribution in [0, 0.1) is 5.41 Å². The smallest absolute Gasteiger partial charge is 0.119 e. The van der Waals surface area contributed by atoms with Crippen LogP contribution in [0.1, 0.15) is 44.9 Å². The normalized spacial score (nSPS) is 35.1. The van der Waals surface area contributed by atoms with E-state index in [4.69, 9.17) is 4.74 Å². The third kappa shape index (κ3) is 1.23. The van der Waals surface area contributed by atoms with Crippen LogP contribution in [-0.4, -0.2) is 18.9 Å². The summed E-state index contributed by atoms with van der Waals surface area (Å²) >= 11 is 0. The minimum Gasteiger partial charge on any atom is -0.360 e. The Morgan fingerprint density at radius 3 is 2.15 bits per heavy atom. The lowest BCUT2D eigenvalue weighted by atomic mass is 9.80. The zero-order valence-corrected chi connectivity index (χ0v) is 8.27. The molecule has 0 radical (unpaired) electrons. The van der Waals surface area contributed by atoms with Gasteiger partial charge < -0.3 is 4.74 Å². The van der Waals surface area contributed by atoms with Gasteiger partial charge in [-0.15, -0.1) is 0 Å². The van der Waals surface area contributed by atoms with E-state index in [9.17, 15) is 0 Å². The van der Waals surface area contributed by atoms with Crippen LogP contribution in [0.15, 0.2) is 0 Å². The van der Waals surface area contributed by atoms with Crippen LogP contribution in [0.4, 0.5) is 0 Å². The van der Waals surface area contributed by atoms with E-state index in [-0.39, 0.29) is 5.72 Å². The van der Waals surface area contributed by atoms with Crippen molar-refractivity contribution in [1.29, 1.82) is 0 Å². The van der Waals surface area contributed by atoms with Crippen LogP contribution in [0.25, 0.3) is 0 Å². The second-order valence-electron chi connectivity index (χ2n) is 5.20. The van der Waals surface area contributed by atoms with Gasteiger partial charge in [-0.3, -0.25) is 5.32 Å². The van der Waals surface area contributed by atoms with Crippen molar-refractivity contribution >= 4 is 0 Å². The molecule has 3 aliphatic rings. The molecule has 2 nitrogen and oxygen atoms in total. The Labute approximate surface area is 80.0 Å². The standard InChI is InChI=1S/C11H19NO/c1-2-5-10(4-1)8-12-11(13-9-10)6-3-7-11/h12H,1-9H2. The van der Waals surface area contributed by atoms with Crippen LogP contribution in [-0.2, 0) is 4.74 Å². The number of hydrogen-bond acceptors (Lipinski definition) is 2. The maximum Gasteiger partial charge on any atom is 0.119 e. The average molecular weight is 181 g/mol. The summed E-state index contributed by atoms with van der Waals surface area (Å²) in [5.74, 6) is 0. The third-order valence-corrected chi connectivity index (χ3v) is 4.27. The quantitative estimate of drug-likeness (QED) is 0.617. The highest BCUT2D eigenvalue weighted by molar-refractivity contribution is 4.97. The van der Waals surface area contributed by atoms with Crippen molar-refractivity contribution in [2.24, 2.45) is 5.41 Å². The maximum absolute atomic E-state index is 6.03. The van der Waals surface area contributed by atoms with Crippen LogP contribution in [0.2, 0.25) is 0 Å². The fraction of sp³-hybridized carbons (Fsp3) is 1.00. The van der Waals surface area contributed by atoms with Crippen molar-refractivity contribution in [3.63, 3.8) is 0 Å². The predicted octanol–water partition coefficient (Wildman–Crippen LogP) is 2.05. The molecule has 3 fully saturated rings. The fourth-order valence-electron chi connectivity index (χ4n) is 3.01. The molecule has 0 unspecified atom stereocenters. The lowest BCUT2D eigenvalue weighted by molar-refractivity contribution is -0.182. The first kappa shape index (κ1) is 8.25. The second-order valence-corrected chi connectivity index (χ2v) is 5.20. The van der Waals surface area contributed by atoms with Gasteiger partial charge in [0.05, 0.1) is 6.61 Å². The SMILES string of the molecule is C1CCC2(C1)CNC1(CCC1)OC2. The van der Waals surface area contributed by atoms with Gasteiger partial charge in [-0.25, -0.2) is 0 Å². The minimum atomic E-state index is 0.133. The van der Waals surface area contributed by atoms with Gasteiger partial charge in [-0.05, 0) is 32.1 Å². The van der Waals surface area contributed by atoms with Crippen molar-refractivity contribution in [2.75, 3.05) is 13.2 Å². The molecule has 0 aromatic carbocycles. The Morgan fingerprint density at radius 2 is 1.69 bits per heavy atom. The highest BCUT2D eigenvalue weighted by atomic mass is 16.5. The summed E-state index contributed by atoms with van der Waals surface area (Å²) in [7, 11) is 0. The Kier molecular flexibility index (Phi) is 1.72. The van der Waals surface area contributed by atoms with E-state index in [1.165, 1.54) is 51.5 Å². The van der Waals surface area contributed by atoms with E-state index in [0.29, 0.717) is 5.41 Å². The van der Waals surface area contributed by atoms with Crippen LogP contribution < -0.4 is 5.32 Å². The van der Waals surface area contributed by atoms with Gasteiger partial charge in [-0.1, -0.05) is 12.8 Å². The molecule has 1 N–H and O–H groups in total. The van der Waals surface area contributed by atoms with Crippen LogP contribution in [0.5, 0.6) is 0 Å². The van der Waals surface area contributed by atoms with Gasteiger partial charge in [0.15, 0.2) is 0 Å². The molecule has 0 atom stereocenters. The number of ether oxygens (including phenoxy) is 1. The Bertz CT molecular complexity index is 192. The predicted molar refractivity (Wildman–Crippen MR) is 51.4 cm³/mol. The summed E-state index contributed by atoms with van der Waals surface area (Å²) in [6.07, 6.45) is 9.43. The van der Waals surface area contributed by atoms with Gasteiger partial charge in [-0.2, -0.15) is 0 Å². The second kappa shape index (κ2) is 2.71. The maximum atomic E-state index is 6.03. The van der Waals surface area contributed by atoms with Crippen molar-refractivity contribution in [3.8, 4) is 0 Å². The molecule has 13 heavy (non-hydrogen) atoms. The molecule has 1 saturated heterocycles. The Morgan fingerprint density at radius 1 is 0.923 bits per heavy atom. The average Bonchev–Trinajstić information content (AvgIpc) is 2.53. The highest BCUT2D eigenvalue weighted by Crippen LogP contribution is 2.45. The number of nitrogens with one attached hydrogen (secondary N) is 1. The molecule has 0 amide bonds. The largest absolute Gasteiger partial charge is 0.360 e. The summed E-state index contributed by atoms with van der Waals surface area (Å²) in [6, 6.07) is 0. The van der Waals surface area contributed by atoms with Gasteiger partial charge in [0.1, 0.15) is 5.72 Å². The summed E-state index contributed by atoms with van der Waals surface area (Å²) in [5.41, 5.74) is 0.661. The van der Waals surface area contributed by atoms with E-state index in [0.717, 1.165) is 6.61 Å². The van der Waals surface area contributed by atoms with E-state index in [2.05, 4.69) is 5.32 Å². The summed E-state index contributed by atoms with van der Waals surface area (Å²) in [4.78, 5) is 0. The molecule has 74 valence electrons. The topological polar surface area (TPSA) is 21.3 Å². The van der Waals surface area contributed by atoms with Crippen molar-refractivity contribution in [3.05, 3.63) is 0 Å².